The topological polar surface area (TPSA) is 158 Å². The fourth-order valence-corrected chi connectivity index (χ4v) is 2.85. The van der Waals surface area contributed by atoms with Gasteiger partial charge in [-0.3, -0.25) is 53.1 Å². The van der Waals surface area contributed by atoms with Crippen LogP contribution >= 0.6 is 11.6 Å². The third-order valence-electron chi connectivity index (χ3n) is 4.23. The van der Waals surface area contributed by atoms with Crippen LogP contribution in [-0.2, 0) is 38.4 Å². The van der Waals surface area contributed by atoms with E-state index < -0.39 is 72.8 Å². The van der Waals surface area contributed by atoms with Crippen molar-refractivity contribution >= 4 is 58.2 Å². The number of carbonyl (C=O) groups is 8. The predicted octanol–water partition coefficient (Wildman–Crippen LogP) is -2.48. The van der Waals surface area contributed by atoms with Crippen molar-refractivity contribution < 1.29 is 38.4 Å². The Balaban J connectivity index is 1.94. The molecule has 7 amide bonds. The summed E-state index contributed by atoms with van der Waals surface area (Å²) in [4.78, 5) is 95.7. The van der Waals surface area contributed by atoms with Crippen LogP contribution in [-0.4, -0.2) is 87.5 Å². The summed E-state index contributed by atoms with van der Waals surface area (Å²) >= 11 is 5.24. The largest absolute Gasteiger partial charge is 0.345 e. The first-order chi connectivity index (χ1) is 13.6. The van der Waals surface area contributed by atoms with E-state index >= 15 is 0 Å². The third kappa shape index (κ3) is 5.67. The Hall–Kier alpha value is -3.15. The quantitative estimate of drug-likeness (QED) is 0.328. The standard InChI is InChI=1S/C16H17ClN4O8/c17-9(22)6-19(16(29)8-21-13(26)3-4-14(21)27)15(28)5-18-10(23)7-20-11(24)1-2-12(20)25/h1-8H2,(H,18,23). The number of amides is 7. The molecule has 156 valence electrons. The van der Waals surface area contributed by atoms with Crippen LogP contribution in [0.15, 0.2) is 0 Å². The number of rotatable bonds is 8. The highest BCUT2D eigenvalue weighted by atomic mass is 35.5. The lowest BCUT2D eigenvalue weighted by atomic mass is 10.3. The van der Waals surface area contributed by atoms with Gasteiger partial charge in [-0.25, -0.2) is 0 Å². The minimum Gasteiger partial charge on any atom is -0.345 e. The van der Waals surface area contributed by atoms with Gasteiger partial charge in [-0.15, -0.1) is 0 Å². The van der Waals surface area contributed by atoms with E-state index in [9.17, 15) is 38.4 Å². The Bertz CT molecular complexity index is 779. The molecule has 0 unspecified atom stereocenters. The van der Waals surface area contributed by atoms with Crippen LogP contribution < -0.4 is 5.32 Å². The Morgan fingerprint density at radius 2 is 1.24 bits per heavy atom. The molecule has 12 nitrogen and oxygen atoms in total. The fraction of sp³-hybridized carbons (Fsp3) is 0.500. The van der Waals surface area contributed by atoms with Crippen LogP contribution in [0.25, 0.3) is 0 Å². The molecule has 0 saturated carbocycles. The Labute approximate surface area is 169 Å². The van der Waals surface area contributed by atoms with Gasteiger partial charge >= 0.3 is 0 Å². The second-order valence-electron chi connectivity index (χ2n) is 6.25. The van der Waals surface area contributed by atoms with Gasteiger partial charge in [0.05, 0.1) is 6.54 Å². The number of hydrogen-bond acceptors (Lipinski definition) is 8. The summed E-state index contributed by atoms with van der Waals surface area (Å²) in [6.07, 6.45) is -0.116. The SMILES string of the molecule is O=C(Cl)CN(C(=O)CNC(=O)CN1C(=O)CCC1=O)C(=O)CN1C(=O)CCC1=O. The van der Waals surface area contributed by atoms with Crippen molar-refractivity contribution in [2.75, 3.05) is 26.2 Å². The molecule has 13 heteroatoms. The molecule has 2 aliphatic heterocycles. The lowest BCUT2D eigenvalue weighted by molar-refractivity contribution is -0.151. The molecule has 2 rings (SSSR count). The van der Waals surface area contributed by atoms with Gasteiger partial charge in [-0.05, 0) is 11.6 Å². The smallest absolute Gasteiger partial charge is 0.249 e. The zero-order valence-corrected chi connectivity index (χ0v) is 15.9. The summed E-state index contributed by atoms with van der Waals surface area (Å²) < 4.78 is 0. The lowest BCUT2D eigenvalue weighted by Gasteiger charge is -2.22. The number of likely N-dealkylation sites (tertiary alicyclic amines) is 2. The second kappa shape index (κ2) is 9.37. The van der Waals surface area contributed by atoms with E-state index in [1.54, 1.807) is 0 Å². The van der Waals surface area contributed by atoms with Gasteiger partial charge in [0.2, 0.25) is 46.6 Å². The minimum absolute atomic E-state index is 0.000895. The van der Waals surface area contributed by atoms with E-state index in [0.29, 0.717) is 9.80 Å². The average Bonchev–Trinajstić information content (AvgIpc) is 3.14. The van der Waals surface area contributed by atoms with Crippen molar-refractivity contribution in [3.05, 3.63) is 0 Å². The Kier molecular flexibility index (Phi) is 7.15. The van der Waals surface area contributed by atoms with Gasteiger partial charge in [0, 0.05) is 25.7 Å². The highest BCUT2D eigenvalue weighted by molar-refractivity contribution is 6.64. The zero-order chi connectivity index (χ0) is 21.7. The molecule has 0 spiro atoms. The van der Waals surface area contributed by atoms with E-state index in [0.717, 1.165) is 4.90 Å². The maximum atomic E-state index is 12.3. The van der Waals surface area contributed by atoms with Gasteiger partial charge in [0.15, 0.2) is 0 Å². The molecule has 0 atom stereocenters. The summed E-state index contributed by atoms with van der Waals surface area (Å²) in [5.41, 5.74) is 0. The molecule has 0 aromatic heterocycles. The molecule has 0 aromatic carbocycles. The van der Waals surface area contributed by atoms with Gasteiger partial charge in [0.25, 0.3) is 0 Å². The van der Waals surface area contributed by atoms with E-state index in [-0.39, 0.29) is 25.7 Å². The first-order valence-electron chi connectivity index (χ1n) is 8.54. The van der Waals surface area contributed by atoms with Crippen LogP contribution in [0, 0.1) is 0 Å². The van der Waals surface area contributed by atoms with Crippen molar-refractivity contribution in [2.24, 2.45) is 0 Å². The normalized spacial score (nSPS) is 16.4. The van der Waals surface area contributed by atoms with Gasteiger partial charge in [0.1, 0.15) is 19.6 Å². The predicted molar refractivity (Wildman–Crippen MR) is 92.5 cm³/mol. The molecular weight excluding hydrogens is 412 g/mol. The summed E-state index contributed by atoms with van der Waals surface area (Å²) in [6.45, 7) is -2.87. The second-order valence-corrected chi connectivity index (χ2v) is 6.67. The van der Waals surface area contributed by atoms with Crippen LogP contribution in [0.3, 0.4) is 0 Å². The van der Waals surface area contributed by atoms with Crippen molar-refractivity contribution in [1.82, 2.24) is 20.0 Å². The van der Waals surface area contributed by atoms with Gasteiger partial charge < -0.3 is 5.32 Å². The maximum Gasteiger partial charge on any atom is 0.249 e. The maximum absolute atomic E-state index is 12.3. The van der Waals surface area contributed by atoms with Crippen LogP contribution in [0.5, 0.6) is 0 Å². The molecule has 2 heterocycles. The van der Waals surface area contributed by atoms with Crippen molar-refractivity contribution in [3.63, 3.8) is 0 Å². The highest BCUT2D eigenvalue weighted by Gasteiger charge is 2.34. The van der Waals surface area contributed by atoms with Crippen molar-refractivity contribution in [1.29, 1.82) is 0 Å². The molecule has 0 aromatic rings. The lowest BCUT2D eigenvalue weighted by Crippen LogP contribution is -2.50. The highest BCUT2D eigenvalue weighted by Crippen LogP contribution is 2.12. The average molecular weight is 429 g/mol. The zero-order valence-electron chi connectivity index (χ0n) is 15.1. The number of imide groups is 3. The molecule has 0 aliphatic carbocycles. The summed E-state index contributed by atoms with van der Waals surface area (Å²) in [5, 5.41) is 1.09. The van der Waals surface area contributed by atoms with E-state index in [2.05, 4.69) is 5.32 Å². The van der Waals surface area contributed by atoms with Crippen LogP contribution in [0.1, 0.15) is 25.7 Å². The fourth-order valence-electron chi connectivity index (χ4n) is 2.73. The van der Waals surface area contributed by atoms with E-state index in [1.165, 1.54) is 0 Å². The summed E-state index contributed by atoms with van der Waals surface area (Å²) in [5.74, 6) is -5.05. The molecular formula is C16H17ClN4O8. The van der Waals surface area contributed by atoms with Gasteiger partial charge in [-0.1, -0.05) is 0 Å². The minimum atomic E-state index is -1.05. The van der Waals surface area contributed by atoms with Crippen LogP contribution in [0.2, 0.25) is 0 Å². The monoisotopic (exact) mass is 428 g/mol. The van der Waals surface area contributed by atoms with Crippen molar-refractivity contribution in [3.8, 4) is 0 Å². The van der Waals surface area contributed by atoms with Crippen molar-refractivity contribution in [2.45, 2.75) is 25.7 Å². The summed E-state index contributed by atoms with van der Waals surface area (Å²) in [7, 11) is 0. The number of halogens is 1. The first kappa shape index (κ1) is 22.1. The Morgan fingerprint density at radius 1 is 0.793 bits per heavy atom. The molecule has 2 aliphatic rings. The molecule has 2 fully saturated rings. The summed E-state index contributed by atoms with van der Waals surface area (Å²) in [6, 6.07) is 0. The van der Waals surface area contributed by atoms with E-state index in [4.69, 9.17) is 11.6 Å². The third-order valence-corrected chi connectivity index (χ3v) is 4.35. The van der Waals surface area contributed by atoms with Crippen LogP contribution in [0.4, 0.5) is 0 Å². The van der Waals surface area contributed by atoms with E-state index in [1.807, 2.05) is 0 Å². The Morgan fingerprint density at radius 3 is 1.69 bits per heavy atom. The molecule has 29 heavy (non-hydrogen) atoms. The number of nitrogens with zero attached hydrogens (tertiary/aromatic N) is 3. The number of carbonyl (C=O) groups excluding carboxylic acids is 8. The molecule has 0 radical (unpaired) electrons. The molecule has 2 saturated heterocycles. The van der Waals surface area contributed by atoms with Gasteiger partial charge in [-0.2, -0.15) is 0 Å². The molecule has 1 N–H and O–H groups in total. The number of hydrogen-bond donors (Lipinski definition) is 1. The number of nitrogens with one attached hydrogen (secondary N) is 1. The molecule has 0 bridgehead atoms. The first-order valence-corrected chi connectivity index (χ1v) is 8.92.